The minimum Gasteiger partial charge on any atom is -0.459 e. The summed E-state index contributed by atoms with van der Waals surface area (Å²) < 4.78 is 12.2. The largest absolute Gasteiger partial charge is 0.459 e. The number of amides is 1. The molecule has 34 heavy (non-hydrogen) atoms. The SMILES string of the molecule is O=C(Nc1nc2c(ncn2COC(CO)COC(=O)c2ccccc2)c(=O)[nH]1)c1ccccc1. The number of rotatable bonds is 9. The highest BCUT2D eigenvalue weighted by Gasteiger charge is 2.16. The van der Waals surface area contributed by atoms with E-state index in [1.165, 1.54) is 10.9 Å². The molecule has 0 aliphatic carbocycles. The van der Waals surface area contributed by atoms with Crippen molar-refractivity contribution in [3.8, 4) is 0 Å². The van der Waals surface area contributed by atoms with E-state index in [4.69, 9.17) is 9.47 Å². The maximum absolute atomic E-state index is 12.4. The number of nitrogens with one attached hydrogen (secondary N) is 2. The van der Waals surface area contributed by atoms with Crippen molar-refractivity contribution in [3.05, 3.63) is 88.5 Å². The summed E-state index contributed by atoms with van der Waals surface area (Å²) in [5.74, 6) is -1.03. The molecule has 1 amide bonds. The molecule has 1 unspecified atom stereocenters. The Morgan fingerprint density at radius 3 is 2.41 bits per heavy atom. The first-order chi connectivity index (χ1) is 16.5. The van der Waals surface area contributed by atoms with Crippen molar-refractivity contribution in [2.45, 2.75) is 12.8 Å². The smallest absolute Gasteiger partial charge is 0.338 e. The number of hydrogen-bond donors (Lipinski definition) is 3. The van der Waals surface area contributed by atoms with Gasteiger partial charge in [0.15, 0.2) is 11.2 Å². The summed E-state index contributed by atoms with van der Waals surface area (Å²) in [6.07, 6.45) is 0.532. The fraction of sp³-hybridized carbons (Fsp3) is 0.174. The van der Waals surface area contributed by atoms with Crippen LogP contribution in [0, 0.1) is 0 Å². The van der Waals surface area contributed by atoms with E-state index >= 15 is 0 Å². The number of aromatic amines is 1. The van der Waals surface area contributed by atoms with Crippen LogP contribution in [0.25, 0.3) is 11.2 Å². The number of benzene rings is 2. The molecule has 3 N–H and O–H groups in total. The minimum absolute atomic E-state index is 0.0522. The maximum atomic E-state index is 12.4. The van der Waals surface area contributed by atoms with E-state index in [2.05, 4.69) is 20.3 Å². The van der Waals surface area contributed by atoms with Crippen LogP contribution in [0.15, 0.2) is 71.8 Å². The van der Waals surface area contributed by atoms with Gasteiger partial charge < -0.3 is 14.6 Å². The van der Waals surface area contributed by atoms with Gasteiger partial charge in [-0.3, -0.25) is 24.5 Å². The number of aromatic nitrogens is 4. The Morgan fingerprint density at radius 1 is 1.06 bits per heavy atom. The number of nitrogens with zero attached hydrogens (tertiary/aromatic N) is 3. The van der Waals surface area contributed by atoms with Gasteiger partial charge in [0.1, 0.15) is 19.4 Å². The van der Waals surface area contributed by atoms with Crippen LogP contribution in [0.2, 0.25) is 0 Å². The molecule has 0 aliphatic heterocycles. The molecule has 174 valence electrons. The Bertz CT molecular complexity index is 1340. The fourth-order valence-electron chi connectivity index (χ4n) is 3.04. The number of carbonyl (C=O) groups is 2. The number of carbonyl (C=O) groups excluding carboxylic acids is 2. The number of anilines is 1. The highest BCUT2D eigenvalue weighted by atomic mass is 16.6. The van der Waals surface area contributed by atoms with Crippen LogP contribution in [0.5, 0.6) is 0 Å². The number of aliphatic hydroxyl groups excluding tert-OH is 1. The number of ether oxygens (including phenoxy) is 2. The second-order valence-corrected chi connectivity index (χ2v) is 7.19. The van der Waals surface area contributed by atoms with Gasteiger partial charge in [-0.1, -0.05) is 36.4 Å². The van der Waals surface area contributed by atoms with Crippen molar-refractivity contribution in [3.63, 3.8) is 0 Å². The fourth-order valence-corrected chi connectivity index (χ4v) is 3.04. The monoisotopic (exact) mass is 463 g/mol. The molecule has 0 saturated carbocycles. The van der Waals surface area contributed by atoms with Gasteiger partial charge in [0.2, 0.25) is 5.95 Å². The van der Waals surface area contributed by atoms with Gasteiger partial charge in [-0.2, -0.15) is 4.98 Å². The zero-order valence-electron chi connectivity index (χ0n) is 17.9. The first-order valence-corrected chi connectivity index (χ1v) is 10.3. The molecule has 2 heterocycles. The Kier molecular flexibility index (Phi) is 7.06. The van der Waals surface area contributed by atoms with Gasteiger partial charge in [0.25, 0.3) is 11.5 Å². The van der Waals surface area contributed by atoms with E-state index in [0.717, 1.165) is 0 Å². The average molecular weight is 463 g/mol. The third-order valence-electron chi connectivity index (χ3n) is 4.81. The molecule has 0 bridgehead atoms. The lowest BCUT2D eigenvalue weighted by Crippen LogP contribution is -2.27. The Hall–Kier alpha value is -4.35. The lowest BCUT2D eigenvalue weighted by molar-refractivity contribution is -0.0559. The Labute approximate surface area is 193 Å². The number of hydrogen-bond acceptors (Lipinski definition) is 8. The minimum atomic E-state index is -0.815. The quantitative estimate of drug-likeness (QED) is 0.317. The predicted molar refractivity (Wildman–Crippen MR) is 121 cm³/mol. The lowest BCUT2D eigenvalue weighted by atomic mass is 10.2. The third-order valence-corrected chi connectivity index (χ3v) is 4.81. The number of aliphatic hydroxyl groups is 1. The summed E-state index contributed by atoms with van der Waals surface area (Å²) in [5.41, 5.74) is 0.469. The predicted octanol–water partition coefficient (Wildman–Crippen LogP) is 1.56. The first-order valence-electron chi connectivity index (χ1n) is 10.3. The highest BCUT2D eigenvalue weighted by Crippen LogP contribution is 2.11. The van der Waals surface area contributed by atoms with E-state index in [0.29, 0.717) is 11.1 Å². The Balaban J connectivity index is 1.42. The van der Waals surface area contributed by atoms with Crippen LogP contribution in [0.3, 0.4) is 0 Å². The van der Waals surface area contributed by atoms with E-state index in [9.17, 15) is 19.5 Å². The number of H-pyrrole nitrogens is 1. The lowest BCUT2D eigenvalue weighted by Gasteiger charge is -2.16. The van der Waals surface area contributed by atoms with Crippen LogP contribution in [-0.4, -0.2) is 55.8 Å². The van der Waals surface area contributed by atoms with Crippen molar-refractivity contribution in [2.24, 2.45) is 0 Å². The number of fused-ring (bicyclic) bond motifs is 1. The van der Waals surface area contributed by atoms with Gasteiger partial charge in [-0.25, -0.2) is 9.78 Å². The molecule has 0 spiro atoms. The maximum Gasteiger partial charge on any atom is 0.338 e. The summed E-state index contributed by atoms with van der Waals surface area (Å²) in [4.78, 5) is 47.6. The zero-order chi connectivity index (χ0) is 23.9. The van der Waals surface area contributed by atoms with Crippen LogP contribution >= 0.6 is 0 Å². The molecule has 2 aromatic heterocycles. The zero-order valence-corrected chi connectivity index (χ0v) is 17.9. The van der Waals surface area contributed by atoms with Crippen LogP contribution in [0.1, 0.15) is 20.7 Å². The van der Waals surface area contributed by atoms with Crippen LogP contribution < -0.4 is 10.9 Å². The van der Waals surface area contributed by atoms with Gasteiger partial charge in [-0.05, 0) is 24.3 Å². The molecule has 1 atom stereocenters. The van der Waals surface area contributed by atoms with Crippen molar-refractivity contribution >= 4 is 29.0 Å². The molecule has 4 rings (SSSR count). The highest BCUT2D eigenvalue weighted by molar-refractivity contribution is 6.03. The number of esters is 1. The summed E-state index contributed by atoms with van der Waals surface area (Å²) in [6, 6.07) is 16.9. The van der Waals surface area contributed by atoms with Crippen LogP contribution in [-0.2, 0) is 16.2 Å². The normalized spacial score (nSPS) is 11.8. The molecule has 0 fully saturated rings. The molecular weight excluding hydrogens is 442 g/mol. The van der Waals surface area contributed by atoms with Gasteiger partial charge in [0.05, 0.1) is 18.5 Å². The van der Waals surface area contributed by atoms with E-state index in [1.807, 2.05) is 0 Å². The molecule has 11 heteroatoms. The summed E-state index contributed by atoms with van der Waals surface area (Å²) >= 11 is 0. The van der Waals surface area contributed by atoms with Crippen molar-refractivity contribution in [1.29, 1.82) is 0 Å². The molecule has 2 aromatic carbocycles. The van der Waals surface area contributed by atoms with Crippen molar-refractivity contribution in [1.82, 2.24) is 19.5 Å². The second-order valence-electron chi connectivity index (χ2n) is 7.19. The molecule has 0 aliphatic rings. The van der Waals surface area contributed by atoms with Crippen molar-refractivity contribution in [2.75, 3.05) is 18.5 Å². The molecule has 11 nitrogen and oxygen atoms in total. The third kappa shape index (κ3) is 5.34. The average Bonchev–Trinajstić information content (AvgIpc) is 3.28. The summed E-state index contributed by atoms with van der Waals surface area (Å²) in [5, 5.41) is 12.1. The van der Waals surface area contributed by atoms with Gasteiger partial charge in [-0.15, -0.1) is 0 Å². The molecule has 0 saturated heterocycles. The van der Waals surface area contributed by atoms with E-state index in [1.54, 1.807) is 60.7 Å². The molecular formula is C23H21N5O6. The summed E-state index contributed by atoms with van der Waals surface area (Å²) in [6.45, 7) is -0.711. The molecule has 4 aromatic rings. The van der Waals surface area contributed by atoms with Gasteiger partial charge in [0, 0.05) is 5.56 Å². The molecule has 0 radical (unpaired) electrons. The standard InChI is InChI=1S/C23H21N5O6/c29-11-17(12-33-22(32)16-9-5-2-6-10-16)34-14-28-13-24-18-19(28)25-23(27-21(18)31)26-20(30)15-7-3-1-4-8-15/h1-10,13,17,29H,11-12,14H2,(H2,25,26,27,30,31). The van der Waals surface area contributed by atoms with E-state index < -0.39 is 30.1 Å². The van der Waals surface area contributed by atoms with Crippen LogP contribution in [0.4, 0.5) is 5.95 Å². The van der Waals surface area contributed by atoms with Gasteiger partial charge >= 0.3 is 5.97 Å². The van der Waals surface area contributed by atoms with E-state index in [-0.39, 0.29) is 30.4 Å². The second kappa shape index (κ2) is 10.5. The first kappa shape index (κ1) is 22.8. The topological polar surface area (TPSA) is 148 Å². The Morgan fingerprint density at radius 2 is 1.74 bits per heavy atom. The van der Waals surface area contributed by atoms with Crippen molar-refractivity contribution < 1.29 is 24.2 Å². The summed E-state index contributed by atoms with van der Waals surface area (Å²) in [7, 11) is 0. The number of imidazole rings is 1.